The molecule has 0 unspecified atom stereocenters. The highest BCUT2D eigenvalue weighted by Gasteiger charge is 2.17. The van der Waals surface area contributed by atoms with E-state index in [1.165, 1.54) is 18.2 Å². The topological polar surface area (TPSA) is 134 Å². The molecule has 0 aliphatic heterocycles. The zero-order valence-electron chi connectivity index (χ0n) is 12.3. The van der Waals surface area contributed by atoms with Gasteiger partial charge in [-0.25, -0.2) is 19.4 Å². The molecular weight excluding hydrogens is 320 g/mol. The van der Waals surface area contributed by atoms with Gasteiger partial charge in [0.05, 0.1) is 11.1 Å². The van der Waals surface area contributed by atoms with Gasteiger partial charge in [0, 0.05) is 0 Å². The van der Waals surface area contributed by atoms with Gasteiger partial charge in [-0.3, -0.25) is 10.5 Å². The molecule has 4 N–H and O–H groups in total. The minimum Gasteiger partial charge on any atom is -0.478 e. The van der Waals surface area contributed by atoms with Crippen LogP contribution in [0.3, 0.4) is 0 Å². The molecule has 0 aromatic heterocycles. The van der Waals surface area contributed by atoms with Gasteiger partial charge in [0.1, 0.15) is 13.2 Å². The molecule has 0 amide bonds. The molecule has 2 rings (SSSR count). The Bertz CT molecular complexity index is 769. The Morgan fingerprint density at radius 3 is 1.88 bits per heavy atom. The number of aromatic carboxylic acids is 2. The highest BCUT2D eigenvalue weighted by molar-refractivity contribution is 6.02. The lowest BCUT2D eigenvalue weighted by Crippen LogP contribution is -2.08. The van der Waals surface area contributed by atoms with E-state index in [2.05, 4.69) is 9.78 Å². The molecule has 2 aromatic rings. The molecule has 8 nitrogen and oxygen atoms in total. The van der Waals surface area contributed by atoms with Gasteiger partial charge in [0.15, 0.2) is 0 Å². The van der Waals surface area contributed by atoms with Crippen LogP contribution in [0.25, 0.3) is 11.1 Å². The van der Waals surface area contributed by atoms with Crippen molar-refractivity contribution in [1.29, 1.82) is 0 Å². The molecule has 0 spiro atoms. The lowest BCUT2D eigenvalue weighted by atomic mass is 9.96. The fourth-order valence-corrected chi connectivity index (χ4v) is 2.31. The summed E-state index contributed by atoms with van der Waals surface area (Å²) in [5, 5.41) is 35.4. The SMILES string of the molecule is O=C(O)c1ccc(-c2ccc(COO)c(COO)c2)cc1C(=O)O. The van der Waals surface area contributed by atoms with E-state index >= 15 is 0 Å². The van der Waals surface area contributed by atoms with Crippen molar-refractivity contribution < 1.29 is 40.1 Å². The van der Waals surface area contributed by atoms with Crippen molar-refractivity contribution in [3.8, 4) is 11.1 Å². The van der Waals surface area contributed by atoms with Crippen molar-refractivity contribution >= 4 is 11.9 Å². The fraction of sp³-hybridized carbons (Fsp3) is 0.125. The van der Waals surface area contributed by atoms with Crippen LogP contribution in [0.4, 0.5) is 0 Å². The Morgan fingerprint density at radius 2 is 1.29 bits per heavy atom. The molecule has 0 atom stereocenters. The molecular formula is C16H14O8. The van der Waals surface area contributed by atoms with E-state index < -0.39 is 11.9 Å². The lowest BCUT2D eigenvalue weighted by molar-refractivity contribution is -0.258. The highest BCUT2D eigenvalue weighted by atomic mass is 17.1. The van der Waals surface area contributed by atoms with Crippen LogP contribution in [0.2, 0.25) is 0 Å². The molecule has 8 heteroatoms. The largest absolute Gasteiger partial charge is 0.478 e. The maximum absolute atomic E-state index is 11.3. The second-order valence-corrected chi connectivity index (χ2v) is 4.90. The quantitative estimate of drug-likeness (QED) is 0.448. The van der Waals surface area contributed by atoms with E-state index in [0.717, 1.165) is 0 Å². The summed E-state index contributed by atoms with van der Waals surface area (Å²) in [6.45, 7) is -0.275. The second kappa shape index (κ2) is 7.66. The number of benzene rings is 2. The first-order valence-corrected chi connectivity index (χ1v) is 6.73. The Labute approximate surface area is 136 Å². The molecule has 0 aliphatic carbocycles. The fourth-order valence-electron chi connectivity index (χ4n) is 2.31. The first kappa shape index (κ1) is 17.6. The molecule has 2 aromatic carbocycles. The summed E-state index contributed by atoms with van der Waals surface area (Å²) in [5.41, 5.74) is 1.51. The van der Waals surface area contributed by atoms with Crippen LogP contribution in [-0.4, -0.2) is 32.7 Å². The van der Waals surface area contributed by atoms with E-state index in [1.807, 2.05) is 0 Å². The maximum atomic E-state index is 11.3. The van der Waals surface area contributed by atoms with E-state index in [-0.39, 0.29) is 24.3 Å². The molecule has 0 heterocycles. The van der Waals surface area contributed by atoms with Crippen molar-refractivity contribution in [1.82, 2.24) is 0 Å². The Balaban J connectivity index is 2.51. The average Bonchev–Trinajstić information content (AvgIpc) is 2.56. The van der Waals surface area contributed by atoms with Gasteiger partial charge >= 0.3 is 11.9 Å². The predicted octanol–water partition coefficient (Wildman–Crippen LogP) is 2.73. The predicted molar refractivity (Wildman–Crippen MR) is 80.6 cm³/mol. The minimum absolute atomic E-state index is 0.114. The number of hydrogen-bond acceptors (Lipinski definition) is 6. The van der Waals surface area contributed by atoms with Crippen LogP contribution in [0.1, 0.15) is 31.8 Å². The van der Waals surface area contributed by atoms with Crippen LogP contribution in [0.5, 0.6) is 0 Å². The first-order chi connectivity index (χ1) is 11.5. The van der Waals surface area contributed by atoms with Gasteiger partial charge in [-0.1, -0.05) is 18.2 Å². The average molecular weight is 334 g/mol. The van der Waals surface area contributed by atoms with Crippen molar-refractivity contribution in [2.75, 3.05) is 0 Å². The van der Waals surface area contributed by atoms with Gasteiger partial charge in [-0.2, -0.15) is 0 Å². The van der Waals surface area contributed by atoms with Crippen molar-refractivity contribution in [3.63, 3.8) is 0 Å². The van der Waals surface area contributed by atoms with Gasteiger partial charge in [0.2, 0.25) is 0 Å². The first-order valence-electron chi connectivity index (χ1n) is 6.73. The van der Waals surface area contributed by atoms with E-state index in [1.54, 1.807) is 18.2 Å². The summed E-state index contributed by atoms with van der Waals surface area (Å²) in [6.07, 6.45) is 0. The van der Waals surface area contributed by atoms with Crippen molar-refractivity contribution in [2.45, 2.75) is 13.2 Å². The number of carboxylic acids is 2. The van der Waals surface area contributed by atoms with Gasteiger partial charge < -0.3 is 10.2 Å². The molecule has 0 fully saturated rings. The number of rotatable bonds is 7. The Morgan fingerprint density at radius 1 is 0.750 bits per heavy atom. The molecule has 24 heavy (non-hydrogen) atoms. The monoisotopic (exact) mass is 334 g/mol. The highest BCUT2D eigenvalue weighted by Crippen LogP contribution is 2.26. The summed E-state index contributed by atoms with van der Waals surface area (Å²) in [6, 6.07) is 8.84. The minimum atomic E-state index is -1.35. The van der Waals surface area contributed by atoms with Gasteiger partial charge in [-0.15, -0.1) is 0 Å². The Hall–Kier alpha value is -2.78. The number of hydrogen-bond donors (Lipinski definition) is 4. The van der Waals surface area contributed by atoms with Crippen molar-refractivity contribution in [2.24, 2.45) is 0 Å². The standard InChI is InChI=1S/C16H14O8/c17-15(18)13-4-3-10(6-14(13)16(19)20)9-1-2-11(7-23-21)12(5-9)8-24-22/h1-6,21-22H,7-8H2,(H,17,18)(H,19,20). The molecule has 126 valence electrons. The third-order valence-electron chi connectivity index (χ3n) is 3.46. The summed E-state index contributed by atoms with van der Waals surface area (Å²) in [5.74, 6) is -2.68. The third-order valence-corrected chi connectivity index (χ3v) is 3.46. The van der Waals surface area contributed by atoms with E-state index in [0.29, 0.717) is 22.3 Å². The van der Waals surface area contributed by atoms with Gasteiger partial charge in [-0.05, 0) is 40.5 Å². The smallest absolute Gasteiger partial charge is 0.336 e. The third kappa shape index (κ3) is 3.76. The zero-order chi connectivity index (χ0) is 17.7. The van der Waals surface area contributed by atoms with Crippen LogP contribution in [0.15, 0.2) is 36.4 Å². The summed E-state index contributed by atoms with van der Waals surface area (Å²) in [7, 11) is 0. The second-order valence-electron chi connectivity index (χ2n) is 4.90. The molecule has 0 saturated carbocycles. The molecule has 0 bridgehead atoms. The Kier molecular flexibility index (Phi) is 5.61. The number of carbonyl (C=O) groups is 2. The van der Waals surface area contributed by atoms with Crippen LogP contribution in [-0.2, 0) is 23.0 Å². The molecule has 0 radical (unpaired) electrons. The van der Waals surface area contributed by atoms with E-state index in [4.69, 9.17) is 15.6 Å². The maximum Gasteiger partial charge on any atom is 0.336 e. The normalized spacial score (nSPS) is 10.6. The van der Waals surface area contributed by atoms with Crippen LogP contribution < -0.4 is 0 Å². The summed E-state index contributed by atoms with van der Waals surface area (Å²) in [4.78, 5) is 30.5. The van der Waals surface area contributed by atoms with E-state index in [9.17, 15) is 14.7 Å². The molecule has 0 aliphatic rings. The lowest BCUT2D eigenvalue weighted by Gasteiger charge is -2.11. The number of carboxylic acid groups (broad SMARTS) is 2. The van der Waals surface area contributed by atoms with Gasteiger partial charge in [0.25, 0.3) is 0 Å². The van der Waals surface area contributed by atoms with Crippen molar-refractivity contribution in [3.05, 3.63) is 58.7 Å². The summed E-state index contributed by atoms with van der Waals surface area (Å²) >= 11 is 0. The van der Waals surface area contributed by atoms with Crippen LogP contribution >= 0.6 is 0 Å². The zero-order valence-corrected chi connectivity index (χ0v) is 12.3. The molecule has 0 saturated heterocycles. The summed E-state index contributed by atoms with van der Waals surface area (Å²) < 4.78 is 0. The van der Waals surface area contributed by atoms with Crippen LogP contribution in [0, 0.1) is 0 Å².